The number of imidazole rings is 1. The maximum atomic E-state index is 12.7. The third-order valence-corrected chi connectivity index (χ3v) is 3.46. The average molecular weight is 295 g/mol. The van der Waals surface area contributed by atoms with Crippen molar-refractivity contribution >= 4 is 17.2 Å². The van der Waals surface area contributed by atoms with Crippen molar-refractivity contribution < 1.29 is 9.90 Å². The molecule has 2 N–H and O–H groups in total. The molecular formula is C17H17N3O2. The van der Waals surface area contributed by atoms with Crippen LogP contribution in [-0.4, -0.2) is 20.4 Å². The van der Waals surface area contributed by atoms with Crippen LogP contribution in [0, 0.1) is 0 Å². The Morgan fingerprint density at radius 2 is 2.00 bits per heavy atom. The maximum absolute atomic E-state index is 12.7. The Kier molecular flexibility index (Phi) is 3.78. The number of benzene rings is 1. The first-order valence-electron chi connectivity index (χ1n) is 7.26. The van der Waals surface area contributed by atoms with Crippen LogP contribution >= 0.6 is 0 Å². The number of aryl methyl sites for hydroxylation is 1. The first kappa shape index (κ1) is 14.1. The molecule has 3 rings (SSSR count). The number of aromatic hydroxyl groups is 1. The number of amides is 1. The molecule has 112 valence electrons. The number of phenolic OH excluding ortho intramolecular Hbond substituents is 1. The summed E-state index contributed by atoms with van der Waals surface area (Å²) in [5.74, 6) is -0.231. The number of nitrogens with zero attached hydrogens (tertiary/aromatic N) is 2. The molecule has 0 saturated heterocycles. The molecule has 5 heteroatoms. The van der Waals surface area contributed by atoms with Crippen LogP contribution in [0.1, 0.15) is 29.5 Å². The molecule has 0 fully saturated rings. The summed E-state index contributed by atoms with van der Waals surface area (Å²) in [6.07, 6.45) is 3.45. The lowest BCUT2D eigenvalue weighted by atomic mass is 10.2. The van der Waals surface area contributed by atoms with E-state index in [4.69, 9.17) is 0 Å². The predicted molar refractivity (Wildman–Crippen MR) is 85.2 cm³/mol. The Morgan fingerprint density at radius 1 is 1.23 bits per heavy atom. The first-order chi connectivity index (χ1) is 10.7. The number of aromatic nitrogens is 2. The van der Waals surface area contributed by atoms with E-state index in [0.29, 0.717) is 11.4 Å². The van der Waals surface area contributed by atoms with E-state index in [9.17, 15) is 9.90 Å². The van der Waals surface area contributed by atoms with Crippen LogP contribution in [0.4, 0.5) is 5.69 Å². The molecule has 0 aliphatic rings. The zero-order valence-electron chi connectivity index (χ0n) is 12.3. The number of fused-ring (bicyclic) bond motifs is 1. The lowest BCUT2D eigenvalue weighted by molar-refractivity contribution is 0.102. The van der Waals surface area contributed by atoms with Gasteiger partial charge in [-0.1, -0.05) is 31.5 Å². The van der Waals surface area contributed by atoms with Gasteiger partial charge in [0, 0.05) is 6.20 Å². The van der Waals surface area contributed by atoms with E-state index in [1.165, 1.54) is 6.07 Å². The van der Waals surface area contributed by atoms with Crippen molar-refractivity contribution in [2.24, 2.45) is 0 Å². The van der Waals surface area contributed by atoms with Gasteiger partial charge < -0.3 is 10.4 Å². The molecule has 3 aromatic rings. The van der Waals surface area contributed by atoms with Crippen LogP contribution in [0.25, 0.3) is 5.65 Å². The zero-order valence-corrected chi connectivity index (χ0v) is 12.3. The highest BCUT2D eigenvalue weighted by Crippen LogP contribution is 2.23. The first-order valence-corrected chi connectivity index (χ1v) is 7.26. The highest BCUT2D eigenvalue weighted by molar-refractivity contribution is 6.05. The standard InChI is InChI=1S/C17H17N3O2/c1-2-7-13-16(20-11-6-5-10-15(20)18-13)17(22)19-12-8-3-4-9-14(12)21/h3-6,8-11,21H,2,7H2,1H3,(H,19,22). The van der Waals surface area contributed by atoms with E-state index in [1.807, 2.05) is 24.4 Å². The van der Waals surface area contributed by atoms with Crippen molar-refractivity contribution in [3.05, 3.63) is 60.0 Å². The van der Waals surface area contributed by atoms with Gasteiger partial charge in [-0.15, -0.1) is 0 Å². The molecular weight excluding hydrogens is 278 g/mol. The largest absolute Gasteiger partial charge is 0.506 e. The van der Waals surface area contributed by atoms with Crippen molar-refractivity contribution in [3.8, 4) is 5.75 Å². The monoisotopic (exact) mass is 295 g/mol. The number of pyridine rings is 1. The summed E-state index contributed by atoms with van der Waals surface area (Å²) >= 11 is 0. The number of rotatable bonds is 4. The minimum Gasteiger partial charge on any atom is -0.506 e. The number of hydrogen-bond acceptors (Lipinski definition) is 3. The van der Waals surface area contributed by atoms with Gasteiger partial charge in [0.15, 0.2) is 0 Å². The summed E-state index contributed by atoms with van der Waals surface area (Å²) in [7, 11) is 0. The van der Waals surface area contributed by atoms with Crippen LogP contribution in [0.15, 0.2) is 48.7 Å². The van der Waals surface area contributed by atoms with E-state index >= 15 is 0 Å². The summed E-state index contributed by atoms with van der Waals surface area (Å²) < 4.78 is 1.78. The van der Waals surface area contributed by atoms with Gasteiger partial charge in [0.05, 0.1) is 11.4 Å². The van der Waals surface area contributed by atoms with Crippen LogP contribution in [0.3, 0.4) is 0 Å². The highest BCUT2D eigenvalue weighted by Gasteiger charge is 2.19. The van der Waals surface area contributed by atoms with E-state index in [2.05, 4.69) is 17.2 Å². The molecule has 0 bridgehead atoms. The predicted octanol–water partition coefficient (Wildman–Crippen LogP) is 3.24. The topological polar surface area (TPSA) is 66.6 Å². The lowest BCUT2D eigenvalue weighted by Gasteiger charge is -2.08. The van der Waals surface area contributed by atoms with Gasteiger partial charge in [0.2, 0.25) is 0 Å². The zero-order chi connectivity index (χ0) is 15.5. The summed E-state index contributed by atoms with van der Waals surface area (Å²) in [5.41, 5.74) is 2.41. The minimum absolute atomic E-state index is 0.0433. The second kappa shape index (κ2) is 5.89. The number of phenols is 1. The molecule has 0 atom stereocenters. The van der Waals surface area contributed by atoms with E-state index in [1.54, 1.807) is 22.6 Å². The molecule has 0 spiro atoms. The normalized spacial score (nSPS) is 10.8. The molecule has 5 nitrogen and oxygen atoms in total. The second-order valence-corrected chi connectivity index (χ2v) is 5.06. The number of carbonyl (C=O) groups is 1. The average Bonchev–Trinajstić information content (AvgIpc) is 2.88. The summed E-state index contributed by atoms with van der Waals surface area (Å²) in [5, 5.41) is 12.6. The van der Waals surface area contributed by atoms with Gasteiger partial charge in [-0.05, 0) is 30.7 Å². The smallest absolute Gasteiger partial charge is 0.274 e. The van der Waals surface area contributed by atoms with E-state index in [0.717, 1.165) is 24.2 Å². The molecule has 1 amide bonds. The van der Waals surface area contributed by atoms with Gasteiger partial charge in [0.25, 0.3) is 5.91 Å². The van der Waals surface area contributed by atoms with Gasteiger partial charge in [-0.25, -0.2) is 4.98 Å². The Morgan fingerprint density at radius 3 is 2.77 bits per heavy atom. The highest BCUT2D eigenvalue weighted by atomic mass is 16.3. The van der Waals surface area contributed by atoms with Crippen molar-refractivity contribution in [1.29, 1.82) is 0 Å². The molecule has 0 aliphatic carbocycles. The number of nitrogens with one attached hydrogen (secondary N) is 1. The molecule has 0 radical (unpaired) electrons. The van der Waals surface area contributed by atoms with Gasteiger partial charge in [-0.2, -0.15) is 0 Å². The van der Waals surface area contributed by atoms with Crippen molar-refractivity contribution in [2.45, 2.75) is 19.8 Å². The van der Waals surface area contributed by atoms with Crippen LogP contribution in [-0.2, 0) is 6.42 Å². The lowest BCUT2D eigenvalue weighted by Crippen LogP contribution is -2.16. The third kappa shape index (κ3) is 2.53. The molecule has 2 aromatic heterocycles. The maximum Gasteiger partial charge on any atom is 0.274 e. The van der Waals surface area contributed by atoms with Crippen LogP contribution in [0.2, 0.25) is 0 Å². The summed E-state index contributed by atoms with van der Waals surface area (Å²) in [6, 6.07) is 12.3. The van der Waals surface area contributed by atoms with Crippen LogP contribution < -0.4 is 5.32 Å². The fourth-order valence-electron chi connectivity index (χ4n) is 2.46. The Hall–Kier alpha value is -2.82. The number of para-hydroxylation sites is 2. The van der Waals surface area contributed by atoms with Crippen molar-refractivity contribution in [1.82, 2.24) is 9.38 Å². The fraction of sp³-hybridized carbons (Fsp3) is 0.176. The van der Waals surface area contributed by atoms with Gasteiger partial charge >= 0.3 is 0 Å². The number of hydrogen-bond donors (Lipinski definition) is 2. The Labute approximate surface area is 128 Å². The minimum atomic E-state index is -0.274. The molecule has 1 aromatic carbocycles. The molecule has 22 heavy (non-hydrogen) atoms. The summed E-state index contributed by atoms with van der Waals surface area (Å²) in [6.45, 7) is 2.05. The van der Waals surface area contributed by atoms with Crippen LogP contribution in [0.5, 0.6) is 5.75 Å². The third-order valence-electron chi connectivity index (χ3n) is 3.46. The van der Waals surface area contributed by atoms with Gasteiger partial charge in [0.1, 0.15) is 17.1 Å². The molecule has 2 heterocycles. The SMILES string of the molecule is CCCc1nc2ccccn2c1C(=O)Nc1ccccc1O. The number of carbonyl (C=O) groups excluding carboxylic acids is 1. The quantitative estimate of drug-likeness (QED) is 0.726. The Bertz CT molecular complexity index is 824. The molecule has 0 aliphatic heterocycles. The van der Waals surface area contributed by atoms with Gasteiger partial charge in [-0.3, -0.25) is 9.20 Å². The van der Waals surface area contributed by atoms with Crippen molar-refractivity contribution in [2.75, 3.05) is 5.32 Å². The fourth-order valence-corrected chi connectivity index (χ4v) is 2.46. The summed E-state index contributed by atoms with van der Waals surface area (Å²) in [4.78, 5) is 17.2. The molecule has 0 saturated carbocycles. The molecule has 0 unspecified atom stereocenters. The van der Waals surface area contributed by atoms with Crippen molar-refractivity contribution in [3.63, 3.8) is 0 Å². The number of anilines is 1. The van der Waals surface area contributed by atoms with E-state index < -0.39 is 0 Å². The van der Waals surface area contributed by atoms with E-state index in [-0.39, 0.29) is 11.7 Å². The Balaban J connectivity index is 2.03. The second-order valence-electron chi connectivity index (χ2n) is 5.06.